The molecule has 0 aliphatic rings. The molecule has 3 aromatic carbocycles. The van der Waals surface area contributed by atoms with Crippen molar-refractivity contribution in [2.75, 3.05) is 0 Å². The molecule has 0 saturated heterocycles. The third kappa shape index (κ3) is 6.84. The fraction of sp³-hybridized carbons (Fsp3) is 0.136. The molecule has 5 nitrogen and oxygen atoms in total. The van der Waals surface area contributed by atoms with E-state index in [0.717, 1.165) is 4.90 Å². The van der Waals surface area contributed by atoms with Gasteiger partial charge in [0.05, 0.1) is 16.5 Å². The van der Waals surface area contributed by atoms with Crippen LogP contribution in [0, 0.1) is 13.8 Å². The number of benzene rings is 3. The topological polar surface area (TPSA) is 94.5 Å². The Morgan fingerprint density at radius 3 is 1.31 bits per heavy atom. The largest absolute Gasteiger partial charge is 0.741 e. The van der Waals surface area contributed by atoms with E-state index in [4.69, 9.17) is 18.1 Å². The van der Waals surface area contributed by atoms with Gasteiger partial charge in [-0.25, -0.2) is 13.2 Å². The molecule has 170 valence electrons. The Hall–Kier alpha value is -2.82. The monoisotopic (exact) mass is 484 g/mol. The van der Waals surface area contributed by atoms with Crippen LogP contribution in [0.5, 0.6) is 0 Å². The molecule has 0 spiro atoms. The molecular formula is C22H19F3O5S2. The van der Waals surface area contributed by atoms with Crippen molar-refractivity contribution >= 4 is 27.0 Å². The van der Waals surface area contributed by atoms with Gasteiger partial charge in [-0.2, -0.15) is 13.2 Å². The van der Waals surface area contributed by atoms with E-state index in [1.165, 1.54) is 20.9 Å². The summed E-state index contributed by atoms with van der Waals surface area (Å²) in [6.07, 6.45) is 0. The van der Waals surface area contributed by atoms with Crippen molar-refractivity contribution in [3.8, 4) is 0 Å². The van der Waals surface area contributed by atoms with Crippen molar-refractivity contribution < 1.29 is 36.0 Å². The predicted molar refractivity (Wildman–Crippen MR) is 114 cm³/mol. The molecule has 0 radical (unpaired) electrons. The van der Waals surface area contributed by atoms with Gasteiger partial charge < -0.3 is 9.66 Å². The second kappa shape index (κ2) is 10.2. The fourth-order valence-corrected chi connectivity index (χ4v) is 4.53. The molecule has 3 rings (SSSR count). The molecule has 0 bridgehead atoms. The summed E-state index contributed by atoms with van der Waals surface area (Å²) in [7, 11) is -6.34. The first-order valence-electron chi connectivity index (χ1n) is 9.03. The maximum atomic E-state index is 11.1. The minimum absolute atomic E-state index is 0.246. The quantitative estimate of drug-likeness (QED) is 0.314. The first kappa shape index (κ1) is 25.4. The van der Waals surface area contributed by atoms with Crippen LogP contribution in [0.4, 0.5) is 13.2 Å². The van der Waals surface area contributed by atoms with Crippen LogP contribution in [-0.2, 0) is 21.0 Å². The van der Waals surface area contributed by atoms with E-state index in [-0.39, 0.29) is 10.9 Å². The summed E-state index contributed by atoms with van der Waals surface area (Å²) in [6.45, 7) is 4.16. The summed E-state index contributed by atoms with van der Waals surface area (Å²) < 4.78 is 58.9. The molecule has 0 aromatic heterocycles. The first-order valence-corrected chi connectivity index (χ1v) is 11.7. The summed E-state index contributed by atoms with van der Waals surface area (Å²) in [5.74, 6) is -0.896. The summed E-state index contributed by atoms with van der Waals surface area (Å²) in [4.78, 5) is 14.7. The molecule has 32 heavy (non-hydrogen) atoms. The Kier molecular flexibility index (Phi) is 8.11. The maximum Gasteiger partial charge on any atom is 0.485 e. The van der Waals surface area contributed by atoms with Crippen LogP contribution < -0.4 is 0 Å². The van der Waals surface area contributed by atoms with Crippen LogP contribution >= 0.6 is 0 Å². The Bertz CT molecular complexity index is 1110. The Morgan fingerprint density at radius 1 is 0.781 bits per heavy atom. The number of rotatable bonds is 4. The third-order valence-corrected chi connectivity index (χ3v) is 6.93. The number of carbonyl (C=O) groups is 1. The van der Waals surface area contributed by atoms with Crippen LogP contribution in [0.25, 0.3) is 0 Å². The smallest absolute Gasteiger partial charge is 0.485 e. The zero-order valence-electron chi connectivity index (χ0n) is 17.0. The van der Waals surface area contributed by atoms with Gasteiger partial charge in [-0.05, 0) is 62.4 Å². The lowest BCUT2D eigenvalue weighted by atomic mass is 10.2. The van der Waals surface area contributed by atoms with Crippen LogP contribution in [0.3, 0.4) is 0 Å². The van der Waals surface area contributed by atoms with E-state index in [2.05, 4.69) is 62.4 Å². The van der Waals surface area contributed by atoms with Crippen molar-refractivity contribution in [3.05, 3.63) is 89.5 Å². The minimum atomic E-state index is -6.09. The fourth-order valence-electron chi connectivity index (χ4n) is 2.49. The molecule has 0 amide bonds. The molecule has 0 saturated carbocycles. The second-order valence-electron chi connectivity index (χ2n) is 6.66. The maximum absolute atomic E-state index is 11.1. The summed E-state index contributed by atoms with van der Waals surface area (Å²) in [5, 5.41) is 9.11. The minimum Gasteiger partial charge on any atom is -0.741 e. The third-order valence-electron chi connectivity index (χ3n) is 4.13. The number of hydrogen-bond acceptors (Lipinski definition) is 4. The van der Waals surface area contributed by atoms with Gasteiger partial charge in [-0.15, -0.1) is 0 Å². The number of carboxylic acid groups (broad SMARTS) is 1. The van der Waals surface area contributed by atoms with Crippen molar-refractivity contribution in [3.63, 3.8) is 0 Å². The highest BCUT2D eigenvalue weighted by Gasteiger charge is 2.37. The highest BCUT2D eigenvalue weighted by molar-refractivity contribution is 7.97. The molecule has 0 heterocycles. The average Bonchev–Trinajstić information content (AvgIpc) is 2.70. The van der Waals surface area contributed by atoms with E-state index in [9.17, 15) is 18.0 Å². The first-order chi connectivity index (χ1) is 14.8. The van der Waals surface area contributed by atoms with Gasteiger partial charge in [0.2, 0.25) is 0 Å². The van der Waals surface area contributed by atoms with Crippen LogP contribution in [-0.4, -0.2) is 29.6 Å². The highest BCUT2D eigenvalue weighted by Crippen LogP contribution is 2.31. The average molecular weight is 485 g/mol. The summed E-state index contributed by atoms with van der Waals surface area (Å²) >= 11 is 0. The molecule has 10 heteroatoms. The number of carboxylic acids is 1. The molecule has 0 aliphatic heterocycles. The molecule has 3 aromatic rings. The molecule has 0 atom stereocenters. The number of halogens is 3. The van der Waals surface area contributed by atoms with E-state index < -0.39 is 21.6 Å². The lowest BCUT2D eigenvalue weighted by molar-refractivity contribution is -0.0517. The van der Waals surface area contributed by atoms with Crippen molar-refractivity contribution in [2.24, 2.45) is 0 Å². The number of hydrogen-bond donors (Lipinski definition) is 1. The van der Waals surface area contributed by atoms with E-state index in [1.807, 2.05) is 12.1 Å². The highest BCUT2D eigenvalue weighted by atomic mass is 32.2. The van der Waals surface area contributed by atoms with Crippen molar-refractivity contribution in [2.45, 2.75) is 34.0 Å². The summed E-state index contributed by atoms with van der Waals surface area (Å²) in [5.41, 5.74) is -2.87. The van der Waals surface area contributed by atoms with Crippen LogP contribution in [0.1, 0.15) is 21.5 Å². The lowest BCUT2D eigenvalue weighted by Gasteiger charge is -2.09. The number of alkyl halides is 3. The molecule has 0 fully saturated rings. The van der Waals surface area contributed by atoms with Gasteiger partial charge in [0.15, 0.2) is 24.8 Å². The van der Waals surface area contributed by atoms with E-state index in [0.29, 0.717) is 5.56 Å². The van der Waals surface area contributed by atoms with Gasteiger partial charge in [0.25, 0.3) is 0 Å². The Balaban J connectivity index is 0.000000390. The van der Waals surface area contributed by atoms with Gasteiger partial charge in [0.1, 0.15) is 0 Å². The standard InChI is InChI=1S/C21H18O2S.CHF3O3S/c1-15-3-9-18(10-4-15)24(19-11-5-16(2)6-12-19)20-13-7-17(8-14-20)21(22)23;2-1(3,4)8(5,6)7/h3-14H,1-2H3;(H,5,6,7). The lowest BCUT2D eigenvalue weighted by Crippen LogP contribution is -2.21. The predicted octanol–water partition coefficient (Wildman–Crippen LogP) is 5.15. The zero-order valence-corrected chi connectivity index (χ0v) is 18.6. The summed E-state index contributed by atoms with van der Waals surface area (Å²) in [6, 6.07) is 24.3. The van der Waals surface area contributed by atoms with Crippen molar-refractivity contribution in [1.82, 2.24) is 0 Å². The Morgan fingerprint density at radius 2 is 1.06 bits per heavy atom. The van der Waals surface area contributed by atoms with Gasteiger partial charge >= 0.3 is 11.5 Å². The van der Waals surface area contributed by atoms with E-state index >= 15 is 0 Å². The Labute approximate surface area is 186 Å². The molecule has 1 N–H and O–H groups in total. The second-order valence-corrected chi connectivity index (χ2v) is 10.1. The molecule has 0 unspecified atom stereocenters. The van der Waals surface area contributed by atoms with Crippen molar-refractivity contribution in [1.29, 1.82) is 0 Å². The van der Waals surface area contributed by atoms with E-state index in [1.54, 1.807) is 12.1 Å². The molecular weight excluding hydrogens is 465 g/mol. The normalized spacial score (nSPS) is 11.6. The number of aromatic carboxylic acids is 1. The SMILES string of the molecule is Cc1ccc([S+](c2ccc(C)cc2)c2ccc(C(=O)O)cc2)cc1.O=S(=O)([O-])C(F)(F)F. The van der Waals surface area contributed by atoms with Crippen LogP contribution in [0.2, 0.25) is 0 Å². The van der Waals surface area contributed by atoms with Gasteiger partial charge in [-0.3, -0.25) is 0 Å². The van der Waals surface area contributed by atoms with Crippen LogP contribution in [0.15, 0.2) is 87.5 Å². The van der Waals surface area contributed by atoms with Gasteiger partial charge in [0, 0.05) is 0 Å². The molecule has 0 aliphatic carbocycles. The zero-order chi connectivity index (χ0) is 24.1. The number of aryl methyl sites for hydroxylation is 2. The van der Waals surface area contributed by atoms with Gasteiger partial charge in [-0.1, -0.05) is 35.4 Å².